The van der Waals surface area contributed by atoms with Crippen LogP contribution in [-0.2, 0) is 11.3 Å². The van der Waals surface area contributed by atoms with Crippen LogP contribution in [-0.4, -0.2) is 103 Å². The van der Waals surface area contributed by atoms with Crippen LogP contribution in [0.15, 0.2) is 66.7 Å². The molecule has 0 spiro atoms. The van der Waals surface area contributed by atoms with Crippen molar-refractivity contribution in [2.45, 2.75) is 25.5 Å². The first-order valence-electron chi connectivity index (χ1n) is 14.1. The Bertz CT molecular complexity index is 1240. The van der Waals surface area contributed by atoms with Crippen molar-refractivity contribution in [3.63, 3.8) is 0 Å². The number of likely N-dealkylation sites (tertiary alicyclic amines) is 1. The van der Waals surface area contributed by atoms with E-state index in [1.807, 2.05) is 78.7 Å². The van der Waals surface area contributed by atoms with Crippen LogP contribution in [0.5, 0.6) is 0 Å². The van der Waals surface area contributed by atoms with E-state index in [1.165, 1.54) is 11.3 Å². The van der Waals surface area contributed by atoms with E-state index in [0.717, 1.165) is 54.2 Å². The second-order valence-corrected chi connectivity index (χ2v) is 11.4. The lowest BCUT2D eigenvalue weighted by Gasteiger charge is -2.32. The summed E-state index contributed by atoms with van der Waals surface area (Å²) < 4.78 is 5.75. The first-order chi connectivity index (χ1) is 20.0. The molecule has 0 bridgehead atoms. The van der Waals surface area contributed by atoms with Gasteiger partial charge in [0.15, 0.2) is 0 Å². The molecule has 220 valence electrons. The zero-order valence-corrected chi connectivity index (χ0v) is 24.4. The van der Waals surface area contributed by atoms with Gasteiger partial charge in [0.25, 0.3) is 5.91 Å². The van der Waals surface area contributed by atoms with Gasteiger partial charge >= 0.3 is 6.09 Å². The van der Waals surface area contributed by atoms with E-state index in [9.17, 15) is 19.8 Å². The molecule has 1 fully saturated rings. The summed E-state index contributed by atoms with van der Waals surface area (Å²) in [6.07, 6.45) is 0.911. The minimum atomic E-state index is -0.441. The minimum Gasteiger partial charge on any atom is -0.446 e. The molecular formula is C31H40N4O5S. The zero-order valence-electron chi connectivity index (χ0n) is 23.6. The highest BCUT2D eigenvalue weighted by atomic mass is 32.1. The third-order valence-corrected chi connectivity index (χ3v) is 8.30. The maximum atomic E-state index is 13.0. The van der Waals surface area contributed by atoms with Crippen LogP contribution in [0.25, 0.3) is 11.1 Å². The molecule has 0 atom stereocenters. The number of carbonyl (C=O) groups is 2. The number of nitrogens with zero attached hydrogens (tertiary/aromatic N) is 3. The number of amides is 2. The van der Waals surface area contributed by atoms with Gasteiger partial charge in [-0.1, -0.05) is 48.5 Å². The smallest absolute Gasteiger partial charge is 0.411 e. The van der Waals surface area contributed by atoms with Crippen molar-refractivity contribution in [3.05, 3.63) is 76.5 Å². The largest absolute Gasteiger partial charge is 0.446 e. The SMILES string of the molecule is CN(CCN1CCC(OC(=O)Nc2ccccc2-c2ccccc2)CC1)C(=O)c1ccc(CN(CCO)CCO)s1. The number of hydrogen-bond acceptors (Lipinski definition) is 8. The number of hydrogen-bond donors (Lipinski definition) is 3. The highest BCUT2D eigenvalue weighted by molar-refractivity contribution is 7.14. The molecule has 1 aliphatic rings. The Kier molecular flexibility index (Phi) is 11.7. The molecular weight excluding hydrogens is 540 g/mol. The van der Waals surface area contributed by atoms with Crippen molar-refractivity contribution in [2.24, 2.45) is 0 Å². The summed E-state index contributed by atoms with van der Waals surface area (Å²) >= 11 is 1.45. The molecule has 0 unspecified atom stereocenters. The number of benzene rings is 2. The van der Waals surface area contributed by atoms with Gasteiger partial charge in [-0.15, -0.1) is 11.3 Å². The summed E-state index contributed by atoms with van der Waals surface area (Å²) in [7, 11) is 1.82. The fourth-order valence-electron chi connectivity index (χ4n) is 4.94. The maximum Gasteiger partial charge on any atom is 0.411 e. The van der Waals surface area contributed by atoms with E-state index < -0.39 is 6.09 Å². The molecule has 3 N–H and O–H groups in total. The molecule has 2 heterocycles. The normalized spacial score (nSPS) is 14.2. The first kappa shape index (κ1) is 30.7. The van der Waals surface area contributed by atoms with Gasteiger partial charge < -0.3 is 24.7 Å². The first-order valence-corrected chi connectivity index (χ1v) is 14.9. The molecule has 1 aromatic heterocycles. The molecule has 1 aliphatic heterocycles. The Morgan fingerprint density at radius 1 is 0.951 bits per heavy atom. The van der Waals surface area contributed by atoms with Crippen LogP contribution in [0, 0.1) is 0 Å². The Morgan fingerprint density at radius 3 is 2.34 bits per heavy atom. The van der Waals surface area contributed by atoms with E-state index in [-0.39, 0.29) is 25.2 Å². The second-order valence-electron chi connectivity index (χ2n) is 10.2. The summed E-state index contributed by atoms with van der Waals surface area (Å²) in [6, 6.07) is 21.4. The summed E-state index contributed by atoms with van der Waals surface area (Å²) in [5.74, 6) is -0.0113. The molecule has 9 nitrogen and oxygen atoms in total. The molecule has 2 amide bonds. The predicted octanol–water partition coefficient (Wildman–Crippen LogP) is 3.99. The Hall–Kier alpha value is -3.28. The van der Waals surface area contributed by atoms with Gasteiger partial charge in [0.05, 0.1) is 23.8 Å². The number of aliphatic hydroxyl groups is 2. The van der Waals surface area contributed by atoms with E-state index >= 15 is 0 Å². The van der Waals surface area contributed by atoms with Gasteiger partial charge in [-0.05, 0) is 36.6 Å². The zero-order chi connectivity index (χ0) is 29.0. The van der Waals surface area contributed by atoms with Crippen LogP contribution >= 0.6 is 11.3 Å². The van der Waals surface area contributed by atoms with Crippen molar-refractivity contribution < 1.29 is 24.5 Å². The predicted molar refractivity (Wildman–Crippen MR) is 162 cm³/mol. The summed E-state index contributed by atoms with van der Waals surface area (Å²) in [6.45, 7) is 4.58. The number of likely N-dealkylation sites (N-methyl/N-ethyl adjacent to an activating group) is 1. The standard InChI is InChI=1S/C31H40N4O5S/c1-33(30(38)29-12-11-26(41-29)23-35(19-21-36)20-22-37)17-18-34-15-13-25(14-16-34)40-31(39)32-28-10-6-5-9-27(28)24-7-3-2-4-8-24/h2-12,25,36-37H,13-23H2,1H3,(H,32,39). The van der Waals surface area contributed by atoms with E-state index in [0.29, 0.717) is 31.1 Å². The Balaban J connectivity index is 1.19. The minimum absolute atomic E-state index is 0.0113. The van der Waals surface area contributed by atoms with Gasteiger partial charge in [0, 0.05) is 63.3 Å². The maximum absolute atomic E-state index is 13.0. The van der Waals surface area contributed by atoms with E-state index in [1.54, 1.807) is 4.90 Å². The number of nitrogens with one attached hydrogen (secondary N) is 1. The van der Waals surface area contributed by atoms with Gasteiger partial charge in [0.2, 0.25) is 0 Å². The van der Waals surface area contributed by atoms with Crippen molar-refractivity contribution in [1.29, 1.82) is 0 Å². The van der Waals surface area contributed by atoms with Crippen molar-refractivity contribution in [3.8, 4) is 11.1 Å². The topological polar surface area (TPSA) is 106 Å². The molecule has 0 aliphatic carbocycles. The molecule has 3 aromatic rings. The molecule has 1 saturated heterocycles. The third kappa shape index (κ3) is 9.11. The van der Waals surface area contributed by atoms with Gasteiger partial charge in [-0.25, -0.2) is 4.79 Å². The van der Waals surface area contributed by atoms with Crippen molar-refractivity contribution >= 4 is 29.0 Å². The number of para-hydroxylation sites is 1. The number of aliphatic hydroxyl groups excluding tert-OH is 2. The lowest BCUT2D eigenvalue weighted by atomic mass is 10.0. The lowest BCUT2D eigenvalue weighted by molar-refractivity contribution is 0.0541. The molecule has 2 aromatic carbocycles. The lowest BCUT2D eigenvalue weighted by Crippen LogP contribution is -2.42. The van der Waals surface area contributed by atoms with Gasteiger partial charge in [0.1, 0.15) is 6.10 Å². The molecule has 4 rings (SSSR count). The fraction of sp³-hybridized carbons (Fsp3) is 0.419. The molecule has 10 heteroatoms. The number of carbonyl (C=O) groups excluding carboxylic acids is 2. The average molecular weight is 581 g/mol. The Morgan fingerprint density at radius 2 is 1.63 bits per heavy atom. The number of thiophene rings is 1. The molecule has 0 saturated carbocycles. The number of piperidine rings is 1. The van der Waals surface area contributed by atoms with Crippen molar-refractivity contribution in [2.75, 3.05) is 64.8 Å². The monoisotopic (exact) mass is 580 g/mol. The molecule has 41 heavy (non-hydrogen) atoms. The number of anilines is 1. The highest BCUT2D eigenvalue weighted by Gasteiger charge is 2.24. The fourth-order valence-corrected chi connectivity index (χ4v) is 5.98. The highest BCUT2D eigenvalue weighted by Crippen LogP contribution is 2.28. The average Bonchev–Trinajstić information content (AvgIpc) is 3.45. The van der Waals surface area contributed by atoms with Gasteiger partial charge in [-0.2, -0.15) is 0 Å². The number of ether oxygens (including phenoxy) is 1. The van der Waals surface area contributed by atoms with Crippen LogP contribution < -0.4 is 5.32 Å². The number of rotatable bonds is 13. The van der Waals surface area contributed by atoms with E-state index in [2.05, 4.69) is 10.2 Å². The van der Waals surface area contributed by atoms with E-state index in [4.69, 9.17) is 4.74 Å². The Labute approximate surface area is 246 Å². The van der Waals surface area contributed by atoms with Crippen molar-refractivity contribution in [1.82, 2.24) is 14.7 Å². The molecule has 0 radical (unpaired) electrons. The van der Waals surface area contributed by atoms with Crippen LogP contribution in [0.1, 0.15) is 27.4 Å². The summed E-state index contributed by atoms with van der Waals surface area (Å²) in [5.41, 5.74) is 2.70. The van der Waals surface area contributed by atoms with Crippen LogP contribution in [0.2, 0.25) is 0 Å². The quantitative estimate of drug-likeness (QED) is 0.281. The summed E-state index contributed by atoms with van der Waals surface area (Å²) in [5, 5.41) is 21.4. The van der Waals surface area contributed by atoms with Gasteiger partial charge in [-0.3, -0.25) is 15.0 Å². The summed E-state index contributed by atoms with van der Waals surface area (Å²) in [4.78, 5) is 33.4. The second kappa shape index (κ2) is 15.6. The third-order valence-electron chi connectivity index (χ3n) is 7.24. The van der Waals surface area contributed by atoms with Crippen LogP contribution in [0.4, 0.5) is 10.5 Å². The van der Waals surface area contributed by atoms with Crippen LogP contribution in [0.3, 0.4) is 0 Å².